The van der Waals surface area contributed by atoms with Crippen molar-refractivity contribution >= 4 is 35.4 Å². The van der Waals surface area contributed by atoms with Gasteiger partial charge in [0.25, 0.3) is 5.91 Å². The zero-order chi connectivity index (χ0) is 14.3. The number of aromatic nitrogens is 1. The maximum atomic E-state index is 12.4. The second-order valence-corrected chi connectivity index (χ2v) is 4.94. The summed E-state index contributed by atoms with van der Waals surface area (Å²) in [6.07, 6.45) is 1.18. The minimum absolute atomic E-state index is 0. The zero-order valence-electron chi connectivity index (χ0n) is 11.4. The first-order valence-electron chi connectivity index (χ1n) is 6.47. The molecule has 0 aliphatic carbocycles. The molecule has 1 saturated heterocycles. The molecule has 112 valence electrons. The van der Waals surface area contributed by atoms with Gasteiger partial charge in [-0.3, -0.25) is 4.79 Å². The molecular weight excluding hydrogens is 296 g/mol. The SMILES string of the molecule is Cc1ccc2oc(C(=O)N3CCC[C@@H]3C(=O)O)cc2n1.Cl. The molecule has 3 heterocycles. The van der Waals surface area contributed by atoms with E-state index in [4.69, 9.17) is 9.52 Å². The molecular formula is C14H15ClN2O4. The number of likely N-dealkylation sites (tertiary alicyclic amines) is 1. The van der Waals surface area contributed by atoms with Crippen molar-refractivity contribution in [3.8, 4) is 0 Å². The summed E-state index contributed by atoms with van der Waals surface area (Å²) in [5.41, 5.74) is 1.98. The summed E-state index contributed by atoms with van der Waals surface area (Å²) in [5.74, 6) is -1.21. The summed E-state index contributed by atoms with van der Waals surface area (Å²) in [6, 6.07) is 4.37. The van der Waals surface area contributed by atoms with Gasteiger partial charge in [-0.1, -0.05) is 0 Å². The third-order valence-electron chi connectivity index (χ3n) is 3.52. The van der Waals surface area contributed by atoms with Crippen molar-refractivity contribution in [1.82, 2.24) is 9.88 Å². The van der Waals surface area contributed by atoms with Crippen molar-refractivity contribution in [3.63, 3.8) is 0 Å². The largest absolute Gasteiger partial charge is 0.480 e. The molecule has 1 aliphatic rings. The van der Waals surface area contributed by atoms with Gasteiger partial charge in [-0.25, -0.2) is 9.78 Å². The number of halogens is 1. The van der Waals surface area contributed by atoms with E-state index in [1.165, 1.54) is 4.90 Å². The van der Waals surface area contributed by atoms with E-state index >= 15 is 0 Å². The molecule has 0 unspecified atom stereocenters. The Labute approximate surface area is 127 Å². The van der Waals surface area contributed by atoms with Crippen LogP contribution >= 0.6 is 12.4 Å². The van der Waals surface area contributed by atoms with Gasteiger partial charge in [-0.2, -0.15) is 0 Å². The monoisotopic (exact) mass is 310 g/mol. The lowest BCUT2D eigenvalue weighted by atomic mass is 10.2. The van der Waals surface area contributed by atoms with E-state index in [0.29, 0.717) is 30.5 Å². The van der Waals surface area contributed by atoms with Crippen molar-refractivity contribution in [3.05, 3.63) is 29.7 Å². The molecule has 2 aromatic heterocycles. The lowest BCUT2D eigenvalue weighted by Gasteiger charge is -2.19. The fourth-order valence-electron chi connectivity index (χ4n) is 2.54. The van der Waals surface area contributed by atoms with Crippen LogP contribution < -0.4 is 0 Å². The van der Waals surface area contributed by atoms with Gasteiger partial charge in [0.2, 0.25) is 0 Å². The van der Waals surface area contributed by atoms with Gasteiger partial charge in [0.15, 0.2) is 11.3 Å². The van der Waals surface area contributed by atoms with Gasteiger partial charge in [0, 0.05) is 18.3 Å². The summed E-state index contributed by atoms with van der Waals surface area (Å²) >= 11 is 0. The number of amides is 1. The van der Waals surface area contributed by atoms with Gasteiger partial charge < -0.3 is 14.4 Å². The summed E-state index contributed by atoms with van der Waals surface area (Å²) < 4.78 is 5.48. The molecule has 0 spiro atoms. The normalized spacial score (nSPS) is 17.8. The molecule has 0 radical (unpaired) electrons. The molecule has 6 nitrogen and oxygen atoms in total. The number of hydrogen-bond acceptors (Lipinski definition) is 4. The number of hydrogen-bond donors (Lipinski definition) is 1. The first kappa shape index (κ1) is 15.3. The maximum absolute atomic E-state index is 12.4. The number of carbonyl (C=O) groups is 2. The number of fused-ring (bicyclic) bond motifs is 1. The third-order valence-corrected chi connectivity index (χ3v) is 3.52. The van der Waals surface area contributed by atoms with Crippen molar-refractivity contribution < 1.29 is 19.1 Å². The molecule has 2 aromatic rings. The molecule has 1 fully saturated rings. The van der Waals surface area contributed by atoms with Crippen molar-refractivity contribution in [2.24, 2.45) is 0 Å². The van der Waals surface area contributed by atoms with E-state index in [-0.39, 0.29) is 24.1 Å². The average Bonchev–Trinajstić information content (AvgIpc) is 3.03. The minimum atomic E-state index is -0.971. The number of carboxylic acids is 1. The predicted octanol–water partition coefficient (Wildman–Crippen LogP) is 2.25. The van der Waals surface area contributed by atoms with E-state index in [1.54, 1.807) is 18.2 Å². The number of pyridine rings is 1. The van der Waals surface area contributed by atoms with Crippen molar-refractivity contribution in [2.75, 3.05) is 6.54 Å². The number of aliphatic carboxylic acids is 1. The third kappa shape index (κ3) is 2.71. The van der Waals surface area contributed by atoms with Crippen LogP contribution in [-0.2, 0) is 4.79 Å². The summed E-state index contributed by atoms with van der Waals surface area (Å²) in [6.45, 7) is 2.30. The molecule has 1 N–H and O–H groups in total. The molecule has 0 bridgehead atoms. The van der Waals surface area contributed by atoms with Crippen LogP contribution in [0.4, 0.5) is 0 Å². The van der Waals surface area contributed by atoms with Crippen LogP contribution in [0.1, 0.15) is 29.1 Å². The van der Waals surface area contributed by atoms with Crippen LogP contribution in [0.5, 0.6) is 0 Å². The van der Waals surface area contributed by atoms with E-state index < -0.39 is 12.0 Å². The highest BCUT2D eigenvalue weighted by molar-refractivity contribution is 5.97. The average molecular weight is 311 g/mol. The van der Waals surface area contributed by atoms with E-state index in [2.05, 4.69) is 4.98 Å². The predicted molar refractivity (Wildman–Crippen MR) is 77.7 cm³/mol. The van der Waals surface area contributed by atoms with Crippen molar-refractivity contribution in [1.29, 1.82) is 0 Å². The number of carbonyl (C=O) groups excluding carboxylic acids is 1. The Morgan fingerprint density at radius 3 is 2.90 bits per heavy atom. The summed E-state index contributed by atoms with van der Waals surface area (Å²) in [7, 11) is 0. The Balaban J connectivity index is 0.00000161. The van der Waals surface area contributed by atoms with Crippen LogP contribution in [-0.4, -0.2) is 39.5 Å². The molecule has 1 amide bonds. The Morgan fingerprint density at radius 2 is 2.19 bits per heavy atom. The molecule has 0 aromatic carbocycles. The molecule has 21 heavy (non-hydrogen) atoms. The standard InChI is InChI=1S/C14H14N2O4.ClH/c1-8-4-5-11-9(15-8)7-12(20-11)13(17)16-6-2-3-10(16)14(18)19;/h4-5,7,10H,2-3,6H2,1H3,(H,18,19);1H/t10-;/m1./s1. The highest BCUT2D eigenvalue weighted by Crippen LogP contribution is 2.24. The Bertz CT molecular complexity index is 697. The minimum Gasteiger partial charge on any atom is -0.480 e. The van der Waals surface area contributed by atoms with Gasteiger partial charge in [-0.15, -0.1) is 12.4 Å². The van der Waals surface area contributed by atoms with Gasteiger partial charge in [0.1, 0.15) is 11.6 Å². The van der Waals surface area contributed by atoms with Crippen LogP contribution in [0, 0.1) is 6.92 Å². The highest BCUT2D eigenvalue weighted by atomic mass is 35.5. The molecule has 1 atom stereocenters. The molecule has 3 rings (SSSR count). The number of furan rings is 1. The van der Waals surface area contributed by atoms with E-state index in [9.17, 15) is 9.59 Å². The summed E-state index contributed by atoms with van der Waals surface area (Å²) in [4.78, 5) is 29.1. The molecule has 0 saturated carbocycles. The summed E-state index contributed by atoms with van der Waals surface area (Å²) in [5, 5.41) is 9.12. The van der Waals surface area contributed by atoms with Crippen LogP contribution in [0.15, 0.2) is 22.6 Å². The molecule has 7 heteroatoms. The number of carboxylic acid groups (broad SMARTS) is 1. The maximum Gasteiger partial charge on any atom is 0.326 e. The number of nitrogens with zero attached hydrogens (tertiary/aromatic N) is 2. The fraction of sp³-hybridized carbons (Fsp3) is 0.357. The van der Waals surface area contributed by atoms with Crippen LogP contribution in [0.2, 0.25) is 0 Å². The number of rotatable bonds is 2. The first-order valence-corrected chi connectivity index (χ1v) is 6.47. The van der Waals surface area contributed by atoms with Crippen LogP contribution in [0.25, 0.3) is 11.1 Å². The number of aryl methyl sites for hydroxylation is 1. The smallest absolute Gasteiger partial charge is 0.326 e. The lowest BCUT2D eigenvalue weighted by molar-refractivity contribution is -0.141. The highest BCUT2D eigenvalue weighted by Gasteiger charge is 2.35. The van der Waals surface area contributed by atoms with E-state index in [1.807, 2.05) is 6.92 Å². The Kier molecular flexibility index (Phi) is 4.18. The zero-order valence-corrected chi connectivity index (χ0v) is 12.2. The Hall–Kier alpha value is -2.08. The second-order valence-electron chi connectivity index (χ2n) is 4.94. The Morgan fingerprint density at radius 1 is 1.43 bits per heavy atom. The van der Waals surface area contributed by atoms with Gasteiger partial charge in [0.05, 0.1) is 0 Å². The fourth-order valence-corrected chi connectivity index (χ4v) is 2.54. The van der Waals surface area contributed by atoms with Gasteiger partial charge in [-0.05, 0) is 31.9 Å². The molecule has 1 aliphatic heterocycles. The quantitative estimate of drug-likeness (QED) is 0.919. The second kappa shape index (κ2) is 5.73. The van der Waals surface area contributed by atoms with Crippen LogP contribution in [0.3, 0.4) is 0 Å². The first-order chi connectivity index (χ1) is 9.56. The van der Waals surface area contributed by atoms with E-state index in [0.717, 1.165) is 5.69 Å². The van der Waals surface area contributed by atoms with Gasteiger partial charge >= 0.3 is 5.97 Å². The topological polar surface area (TPSA) is 83.6 Å². The lowest BCUT2D eigenvalue weighted by Crippen LogP contribution is -2.40. The van der Waals surface area contributed by atoms with Crippen molar-refractivity contribution in [2.45, 2.75) is 25.8 Å².